The molecular weight excluding hydrogens is 375 g/mol. The molecule has 0 aliphatic rings. The second-order valence-electron chi connectivity index (χ2n) is 3.52. The number of rotatable bonds is 3. The first-order chi connectivity index (χ1) is 8.90. The molecule has 2 rings (SSSR count). The van der Waals surface area contributed by atoms with Gasteiger partial charge < -0.3 is 0 Å². The van der Waals surface area contributed by atoms with Crippen molar-refractivity contribution in [2.75, 3.05) is 4.72 Å². The summed E-state index contributed by atoms with van der Waals surface area (Å²) in [6, 6.07) is 7.70. The molecule has 0 aliphatic carbocycles. The number of pyridine rings is 1. The van der Waals surface area contributed by atoms with Crippen molar-refractivity contribution in [2.45, 2.75) is 4.90 Å². The first kappa shape index (κ1) is 14.6. The predicted octanol–water partition coefficient (Wildman–Crippen LogP) is 3.95. The fourth-order valence-corrected chi connectivity index (χ4v) is 3.45. The van der Waals surface area contributed by atoms with E-state index in [1.165, 1.54) is 18.3 Å². The normalized spacial score (nSPS) is 11.3. The summed E-state index contributed by atoms with van der Waals surface area (Å²) >= 11 is 14.9. The number of anilines is 1. The smallest absolute Gasteiger partial charge is 0.265 e. The zero-order chi connectivity index (χ0) is 14.0. The Morgan fingerprint density at radius 1 is 1.21 bits per heavy atom. The molecule has 8 heteroatoms. The van der Waals surface area contributed by atoms with Gasteiger partial charge in [-0.05, 0) is 30.3 Å². The van der Waals surface area contributed by atoms with E-state index in [9.17, 15) is 8.42 Å². The Morgan fingerprint density at radius 3 is 2.63 bits per heavy atom. The molecule has 0 amide bonds. The first-order valence-electron chi connectivity index (χ1n) is 4.98. The van der Waals surface area contributed by atoms with Gasteiger partial charge in [0.1, 0.15) is 10.0 Å². The van der Waals surface area contributed by atoms with Crippen LogP contribution in [0.15, 0.2) is 45.9 Å². The summed E-state index contributed by atoms with van der Waals surface area (Å²) in [7, 11) is -3.83. The van der Waals surface area contributed by atoms with Crippen LogP contribution < -0.4 is 4.72 Å². The summed E-state index contributed by atoms with van der Waals surface area (Å²) in [5, 5.41) is 0.188. The molecule has 0 unspecified atom stereocenters. The topological polar surface area (TPSA) is 59.1 Å². The minimum absolute atomic E-state index is 0.0962. The van der Waals surface area contributed by atoms with Crippen LogP contribution in [-0.2, 0) is 10.0 Å². The maximum Gasteiger partial charge on any atom is 0.265 e. The van der Waals surface area contributed by atoms with Crippen LogP contribution in [0.25, 0.3) is 0 Å². The standard InChI is InChI=1S/C11H7BrCl2N2O2S/c12-7-3-4-8(13)9(6-7)16-19(17,18)10-2-1-5-15-11(10)14/h1-6,16H. The molecule has 0 spiro atoms. The molecule has 0 radical (unpaired) electrons. The Kier molecular flexibility index (Phi) is 4.35. The summed E-state index contributed by atoms with van der Waals surface area (Å²) in [6.07, 6.45) is 1.41. The highest BCUT2D eigenvalue weighted by Crippen LogP contribution is 2.29. The highest BCUT2D eigenvalue weighted by atomic mass is 79.9. The summed E-state index contributed by atoms with van der Waals surface area (Å²) in [5.41, 5.74) is 0.260. The lowest BCUT2D eigenvalue weighted by Crippen LogP contribution is -2.14. The van der Waals surface area contributed by atoms with Gasteiger partial charge in [0, 0.05) is 10.7 Å². The number of hydrogen-bond donors (Lipinski definition) is 1. The second-order valence-corrected chi connectivity index (χ2v) is 6.85. The van der Waals surface area contributed by atoms with Gasteiger partial charge in [-0.2, -0.15) is 0 Å². The van der Waals surface area contributed by atoms with Gasteiger partial charge in [0.05, 0.1) is 10.7 Å². The number of nitrogens with one attached hydrogen (secondary N) is 1. The third-order valence-electron chi connectivity index (χ3n) is 2.19. The van der Waals surface area contributed by atoms with Gasteiger partial charge in [-0.3, -0.25) is 4.72 Å². The first-order valence-corrected chi connectivity index (χ1v) is 8.02. The van der Waals surface area contributed by atoms with Gasteiger partial charge in [-0.25, -0.2) is 13.4 Å². The van der Waals surface area contributed by atoms with Crippen LogP contribution in [0.3, 0.4) is 0 Å². The van der Waals surface area contributed by atoms with Gasteiger partial charge in [-0.15, -0.1) is 0 Å². The van der Waals surface area contributed by atoms with E-state index in [-0.39, 0.29) is 20.8 Å². The van der Waals surface area contributed by atoms with Crippen LogP contribution in [0.4, 0.5) is 5.69 Å². The lowest BCUT2D eigenvalue weighted by molar-refractivity contribution is 0.601. The van der Waals surface area contributed by atoms with Crippen LogP contribution >= 0.6 is 39.1 Å². The molecule has 19 heavy (non-hydrogen) atoms. The minimum atomic E-state index is -3.83. The molecule has 0 bridgehead atoms. The van der Waals surface area contributed by atoms with Gasteiger partial charge in [0.25, 0.3) is 10.0 Å². The molecule has 0 atom stereocenters. The number of sulfonamides is 1. The van der Waals surface area contributed by atoms with E-state index in [1.54, 1.807) is 18.2 Å². The highest BCUT2D eigenvalue weighted by molar-refractivity contribution is 9.10. The van der Waals surface area contributed by atoms with Crippen molar-refractivity contribution in [3.05, 3.63) is 51.2 Å². The Labute approximate surface area is 128 Å². The number of aromatic nitrogens is 1. The quantitative estimate of drug-likeness (QED) is 0.818. The highest BCUT2D eigenvalue weighted by Gasteiger charge is 2.19. The zero-order valence-electron chi connectivity index (χ0n) is 9.27. The van der Waals surface area contributed by atoms with Crippen LogP contribution in [0.1, 0.15) is 0 Å². The Hall–Kier alpha value is -0.820. The molecule has 1 aromatic heterocycles. The fraction of sp³-hybridized carbons (Fsp3) is 0. The monoisotopic (exact) mass is 380 g/mol. The minimum Gasteiger partial charge on any atom is -0.278 e. The van der Waals surface area contributed by atoms with Crippen molar-refractivity contribution in [1.29, 1.82) is 0 Å². The summed E-state index contributed by atoms with van der Waals surface area (Å²) < 4.78 is 27.4. The average Bonchev–Trinajstić information content (AvgIpc) is 2.34. The fourth-order valence-electron chi connectivity index (χ4n) is 1.35. The van der Waals surface area contributed by atoms with Gasteiger partial charge in [0.2, 0.25) is 0 Å². The van der Waals surface area contributed by atoms with E-state index in [0.29, 0.717) is 4.47 Å². The Balaban J connectivity index is 2.43. The van der Waals surface area contributed by atoms with E-state index in [1.807, 2.05) is 0 Å². The van der Waals surface area contributed by atoms with Crippen molar-refractivity contribution in [2.24, 2.45) is 0 Å². The number of benzene rings is 1. The number of nitrogens with zero attached hydrogens (tertiary/aromatic N) is 1. The van der Waals surface area contributed by atoms with Crippen molar-refractivity contribution in [3.8, 4) is 0 Å². The molecule has 0 saturated carbocycles. The van der Waals surface area contributed by atoms with Crippen molar-refractivity contribution in [3.63, 3.8) is 0 Å². The molecule has 1 N–H and O–H groups in total. The number of hydrogen-bond acceptors (Lipinski definition) is 3. The summed E-state index contributed by atoms with van der Waals surface area (Å²) in [6.45, 7) is 0. The van der Waals surface area contributed by atoms with Gasteiger partial charge >= 0.3 is 0 Å². The molecule has 2 aromatic rings. The lowest BCUT2D eigenvalue weighted by atomic mass is 10.3. The van der Waals surface area contributed by atoms with E-state index in [4.69, 9.17) is 23.2 Å². The molecule has 1 heterocycles. The average molecular weight is 382 g/mol. The molecule has 0 saturated heterocycles. The van der Waals surface area contributed by atoms with Crippen molar-refractivity contribution >= 4 is 54.8 Å². The van der Waals surface area contributed by atoms with E-state index < -0.39 is 10.0 Å². The molecule has 0 aliphatic heterocycles. The zero-order valence-corrected chi connectivity index (χ0v) is 13.2. The van der Waals surface area contributed by atoms with E-state index in [2.05, 4.69) is 25.6 Å². The molecule has 1 aromatic carbocycles. The number of halogens is 3. The molecular formula is C11H7BrCl2N2O2S. The van der Waals surface area contributed by atoms with Crippen LogP contribution in [0.5, 0.6) is 0 Å². The van der Waals surface area contributed by atoms with Gasteiger partial charge in [-0.1, -0.05) is 39.1 Å². The van der Waals surface area contributed by atoms with Crippen molar-refractivity contribution in [1.82, 2.24) is 4.98 Å². The van der Waals surface area contributed by atoms with E-state index >= 15 is 0 Å². The van der Waals surface area contributed by atoms with Crippen LogP contribution in [-0.4, -0.2) is 13.4 Å². The van der Waals surface area contributed by atoms with Gasteiger partial charge in [0.15, 0.2) is 0 Å². The third kappa shape index (κ3) is 3.39. The Morgan fingerprint density at radius 2 is 1.95 bits per heavy atom. The Bertz CT molecular complexity index is 722. The third-order valence-corrected chi connectivity index (χ3v) is 4.82. The van der Waals surface area contributed by atoms with Crippen LogP contribution in [0.2, 0.25) is 10.2 Å². The molecule has 0 fully saturated rings. The van der Waals surface area contributed by atoms with E-state index in [0.717, 1.165) is 0 Å². The maximum atomic E-state index is 12.2. The molecule has 100 valence electrons. The van der Waals surface area contributed by atoms with Crippen molar-refractivity contribution < 1.29 is 8.42 Å². The maximum absolute atomic E-state index is 12.2. The largest absolute Gasteiger partial charge is 0.278 e. The summed E-state index contributed by atoms with van der Waals surface area (Å²) in [5.74, 6) is 0. The van der Waals surface area contributed by atoms with Crippen LogP contribution in [0, 0.1) is 0 Å². The molecule has 4 nitrogen and oxygen atoms in total. The second kappa shape index (κ2) is 5.66. The SMILES string of the molecule is O=S(=O)(Nc1cc(Br)ccc1Cl)c1cccnc1Cl. The lowest BCUT2D eigenvalue weighted by Gasteiger charge is -2.10. The predicted molar refractivity (Wildman–Crippen MR) is 79.2 cm³/mol. The summed E-state index contributed by atoms with van der Waals surface area (Å²) in [4.78, 5) is 3.63.